The van der Waals surface area contributed by atoms with Crippen molar-refractivity contribution in [3.05, 3.63) is 70.5 Å². The number of ether oxygens (including phenoxy) is 3. The number of furan rings is 1. The van der Waals surface area contributed by atoms with Gasteiger partial charge in [0.15, 0.2) is 17.3 Å². The Balaban J connectivity index is 1.80. The Bertz CT molecular complexity index is 1260. The molecule has 0 radical (unpaired) electrons. The van der Waals surface area contributed by atoms with E-state index >= 15 is 0 Å². The van der Waals surface area contributed by atoms with Crippen LogP contribution in [0.2, 0.25) is 0 Å². The van der Waals surface area contributed by atoms with Gasteiger partial charge in [-0.25, -0.2) is 9.67 Å². The summed E-state index contributed by atoms with van der Waals surface area (Å²) < 4.78 is 22.9. The average Bonchev–Trinajstić information content (AvgIpc) is 3.49. The van der Waals surface area contributed by atoms with Crippen molar-refractivity contribution in [2.24, 2.45) is 10.1 Å². The fraction of sp³-hybridized carbons (Fsp3) is 0.130. The second kappa shape index (κ2) is 9.44. The van der Waals surface area contributed by atoms with Gasteiger partial charge in [0, 0.05) is 10.9 Å². The molecule has 0 aliphatic heterocycles. The number of rotatable bonds is 7. The number of methoxy groups -OCH3 is 3. The van der Waals surface area contributed by atoms with Gasteiger partial charge in [-0.15, -0.1) is 11.3 Å². The first kappa shape index (κ1) is 21.3. The molecule has 0 bridgehead atoms. The molecule has 0 spiro atoms. The average molecular weight is 452 g/mol. The molecule has 32 heavy (non-hydrogen) atoms. The van der Waals surface area contributed by atoms with Gasteiger partial charge in [0.2, 0.25) is 10.6 Å². The van der Waals surface area contributed by atoms with Crippen LogP contribution in [0.15, 0.2) is 74.7 Å². The third-order valence-electron chi connectivity index (χ3n) is 4.58. The predicted molar refractivity (Wildman–Crippen MR) is 122 cm³/mol. The third-order valence-corrected chi connectivity index (χ3v) is 5.40. The quantitative estimate of drug-likeness (QED) is 0.413. The number of benzene rings is 2. The monoisotopic (exact) mass is 451 g/mol. The van der Waals surface area contributed by atoms with Gasteiger partial charge in [-0.3, -0.25) is 0 Å². The Labute approximate surface area is 188 Å². The molecule has 8 nitrogen and oxygen atoms in total. The Morgan fingerprint density at radius 3 is 2.31 bits per heavy atom. The van der Waals surface area contributed by atoms with E-state index in [4.69, 9.17) is 23.6 Å². The number of hydrogen-bond donors (Lipinski definition) is 1. The third kappa shape index (κ3) is 4.37. The van der Waals surface area contributed by atoms with Crippen LogP contribution in [0.1, 0.15) is 5.56 Å². The maximum absolute atomic E-state index is 10.1. The van der Waals surface area contributed by atoms with E-state index in [2.05, 4.69) is 5.10 Å². The van der Waals surface area contributed by atoms with Gasteiger partial charge in [0.25, 0.3) is 0 Å². The lowest BCUT2D eigenvalue weighted by molar-refractivity contribution is 0.340. The minimum atomic E-state index is -0.0678. The smallest absolute Gasteiger partial charge is 0.211 e. The van der Waals surface area contributed by atoms with Gasteiger partial charge in [0.05, 0.1) is 39.5 Å². The SMILES string of the molecule is COc1ccc(N=c2scc(-c3ccco3)n2N=Cc2cc(OC)c(O)c(OC)c2)cc1. The van der Waals surface area contributed by atoms with Crippen molar-refractivity contribution in [1.82, 2.24) is 4.68 Å². The molecule has 0 saturated heterocycles. The van der Waals surface area contributed by atoms with E-state index < -0.39 is 0 Å². The summed E-state index contributed by atoms with van der Waals surface area (Å²) in [6.45, 7) is 0. The summed E-state index contributed by atoms with van der Waals surface area (Å²) in [6, 6.07) is 14.5. The molecule has 0 amide bonds. The zero-order valence-electron chi connectivity index (χ0n) is 17.7. The van der Waals surface area contributed by atoms with Crippen molar-refractivity contribution in [2.45, 2.75) is 0 Å². The summed E-state index contributed by atoms with van der Waals surface area (Å²) in [4.78, 5) is 5.37. The maximum atomic E-state index is 10.1. The Morgan fingerprint density at radius 1 is 1.00 bits per heavy atom. The molecule has 0 fully saturated rings. The van der Waals surface area contributed by atoms with Crippen LogP contribution in [0.5, 0.6) is 23.0 Å². The summed E-state index contributed by atoms with van der Waals surface area (Å²) in [6.07, 6.45) is 3.24. The second-order valence-corrected chi connectivity index (χ2v) is 7.36. The predicted octanol–water partition coefficient (Wildman–Crippen LogP) is 4.66. The standard InChI is InChI=1S/C23H21N3O5S/c1-28-17-8-6-16(7-9-17)25-23-26(18(14-32-23)19-5-4-10-31-19)24-13-15-11-20(29-2)22(27)21(12-15)30-3/h4-14,27H,1-3H3. The van der Waals surface area contributed by atoms with Gasteiger partial charge in [0.1, 0.15) is 11.4 Å². The molecule has 0 atom stereocenters. The van der Waals surface area contributed by atoms with Crippen LogP contribution in [0.4, 0.5) is 5.69 Å². The van der Waals surface area contributed by atoms with E-state index in [1.807, 2.05) is 41.8 Å². The Morgan fingerprint density at radius 2 is 1.72 bits per heavy atom. The highest BCUT2D eigenvalue weighted by molar-refractivity contribution is 7.07. The van der Waals surface area contributed by atoms with E-state index in [1.165, 1.54) is 25.6 Å². The molecule has 4 aromatic rings. The molecular formula is C23H21N3O5S. The molecule has 0 aliphatic rings. The maximum Gasteiger partial charge on any atom is 0.211 e. The highest BCUT2D eigenvalue weighted by Crippen LogP contribution is 2.36. The second-order valence-electron chi connectivity index (χ2n) is 6.52. The first-order chi connectivity index (χ1) is 15.6. The zero-order chi connectivity index (χ0) is 22.5. The number of phenols is 1. The first-order valence-corrected chi connectivity index (χ1v) is 10.4. The molecule has 9 heteroatoms. The fourth-order valence-corrected chi connectivity index (χ4v) is 3.80. The van der Waals surface area contributed by atoms with Crippen LogP contribution in [0.3, 0.4) is 0 Å². The van der Waals surface area contributed by atoms with Crippen molar-refractivity contribution in [1.29, 1.82) is 0 Å². The number of nitrogens with zero attached hydrogens (tertiary/aromatic N) is 3. The van der Waals surface area contributed by atoms with E-state index in [0.29, 0.717) is 16.1 Å². The van der Waals surface area contributed by atoms with Crippen molar-refractivity contribution in [3.8, 4) is 34.5 Å². The van der Waals surface area contributed by atoms with Crippen molar-refractivity contribution >= 4 is 23.2 Å². The van der Waals surface area contributed by atoms with Gasteiger partial charge >= 0.3 is 0 Å². The Kier molecular flexibility index (Phi) is 6.27. The number of aromatic hydroxyl groups is 1. The van der Waals surface area contributed by atoms with Crippen molar-refractivity contribution in [2.75, 3.05) is 21.3 Å². The molecule has 0 unspecified atom stereocenters. The summed E-state index contributed by atoms with van der Waals surface area (Å²) >= 11 is 1.43. The lowest BCUT2D eigenvalue weighted by Crippen LogP contribution is -2.11. The van der Waals surface area contributed by atoms with E-state index in [0.717, 1.165) is 17.1 Å². The number of aromatic nitrogens is 1. The topological polar surface area (TPSA) is 90.7 Å². The summed E-state index contributed by atoms with van der Waals surface area (Å²) in [5.41, 5.74) is 2.19. The molecule has 0 aliphatic carbocycles. The lowest BCUT2D eigenvalue weighted by Gasteiger charge is -2.09. The minimum absolute atomic E-state index is 0.0678. The molecule has 0 saturated carbocycles. The largest absolute Gasteiger partial charge is 0.502 e. The zero-order valence-corrected chi connectivity index (χ0v) is 18.5. The highest BCUT2D eigenvalue weighted by Gasteiger charge is 2.12. The normalized spacial score (nSPS) is 11.8. The summed E-state index contributed by atoms with van der Waals surface area (Å²) in [5, 5.41) is 16.7. The van der Waals surface area contributed by atoms with Crippen LogP contribution in [0, 0.1) is 0 Å². The van der Waals surface area contributed by atoms with Crippen LogP contribution < -0.4 is 19.0 Å². The number of thiazole rings is 1. The number of hydrogen-bond acceptors (Lipinski definition) is 8. The van der Waals surface area contributed by atoms with Gasteiger partial charge < -0.3 is 23.7 Å². The van der Waals surface area contributed by atoms with E-state index in [-0.39, 0.29) is 17.2 Å². The first-order valence-electron chi connectivity index (χ1n) is 9.55. The fourth-order valence-electron chi connectivity index (χ4n) is 2.96. The van der Waals surface area contributed by atoms with Gasteiger partial charge in [-0.2, -0.15) is 5.10 Å². The minimum Gasteiger partial charge on any atom is -0.502 e. The highest BCUT2D eigenvalue weighted by atomic mass is 32.1. The van der Waals surface area contributed by atoms with Gasteiger partial charge in [-0.05, 0) is 48.5 Å². The molecule has 2 aromatic carbocycles. The summed E-state index contributed by atoms with van der Waals surface area (Å²) in [5.74, 6) is 1.93. The molecular weight excluding hydrogens is 430 g/mol. The Hall–Kier alpha value is -3.98. The van der Waals surface area contributed by atoms with Crippen molar-refractivity contribution in [3.63, 3.8) is 0 Å². The van der Waals surface area contributed by atoms with E-state index in [9.17, 15) is 5.11 Å². The molecule has 4 rings (SSSR count). The lowest BCUT2D eigenvalue weighted by atomic mass is 10.2. The molecule has 1 N–H and O–H groups in total. The molecule has 164 valence electrons. The summed E-state index contributed by atoms with van der Waals surface area (Å²) in [7, 11) is 4.57. The molecule has 2 aromatic heterocycles. The van der Waals surface area contributed by atoms with Crippen LogP contribution in [-0.2, 0) is 0 Å². The van der Waals surface area contributed by atoms with Gasteiger partial charge in [-0.1, -0.05) is 0 Å². The van der Waals surface area contributed by atoms with Crippen molar-refractivity contribution < 1.29 is 23.7 Å². The molecule has 2 heterocycles. The number of phenolic OH excluding ortho intramolecular Hbond substituents is 1. The van der Waals surface area contributed by atoms with Crippen LogP contribution >= 0.6 is 11.3 Å². The van der Waals surface area contributed by atoms with Crippen LogP contribution in [0.25, 0.3) is 11.5 Å². The van der Waals surface area contributed by atoms with Crippen LogP contribution in [-0.4, -0.2) is 37.3 Å². The van der Waals surface area contributed by atoms with E-state index in [1.54, 1.807) is 36.4 Å².